The Labute approximate surface area is 184 Å². The molecule has 2 aliphatic heterocycles. The molecule has 1 saturated heterocycles. The predicted molar refractivity (Wildman–Crippen MR) is 115 cm³/mol. The van der Waals surface area contributed by atoms with Gasteiger partial charge in [-0.25, -0.2) is 8.42 Å². The zero-order valence-electron chi connectivity index (χ0n) is 16.3. The van der Waals surface area contributed by atoms with Crippen LogP contribution in [0.3, 0.4) is 0 Å². The Morgan fingerprint density at radius 2 is 1.68 bits per heavy atom. The van der Waals surface area contributed by atoms with Crippen LogP contribution < -0.4 is 25.6 Å². The van der Waals surface area contributed by atoms with Gasteiger partial charge in [-0.15, -0.1) is 0 Å². The average molecular weight is 465 g/mol. The van der Waals surface area contributed by atoms with Crippen molar-refractivity contribution in [2.75, 3.05) is 38.4 Å². The van der Waals surface area contributed by atoms with E-state index in [1.165, 1.54) is 16.4 Å². The molecule has 0 aromatic heterocycles. The summed E-state index contributed by atoms with van der Waals surface area (Å²) >= 11 is 5.17. The van der Waals surface area contributed by atoms with Crippen LogP contribution in [0.15, 0.2) is 47.4 Å². The first-order valence-corrected chi connectivity index (χ1v) is 11.2. The van der Waals surface area contributed by atoms with Gasteiger partial charge < -0.3 is 19.5 Å². The van der Waals surface area contributed by atoms with Crippen LogP contribution in [0.1, 0.15) is 10.4 Å². The molecule has 0 radical (unpaired) electrons. The third kappa shape index (κ3) is 4.88. The molecule has 0 bridgehead atoms. The van der Waals surface area contributed by atoms with Crippen LogP contribution in [0.25, 0.3) is 0 Å². The Bertz CT molecular complexity index is 1090. The number of hydrogen-bond donors (Lipinski definition) is 3. The van der Waals surface area contributed by atoms with Crippen molar-refractivity contribution < 1.29 is 27.4 Å². The summed E-state index contributed by atoms with van der Waals surface area (Å²) < 4.78 is 42.4. The molecule has 0 atom stereocenters. The summed E-state index contributed by atoms with van der Waals surface area (Å²) in [6.45, 7) is 1.56. The lowest BCUT2D eigenvalue weighted by Crippen LogP contribution is -2.43. The van der Waals surface area contributed by atoms with Gasteiger partial charge in [-0.2, -0.15) is 4.31 Å². The van der Waals surface area contributed by atoms with E-state index in [1.807, 2.05) is 0 Å². The van der Waals surface area contributed by atoms with Gasteiger partial charge >= 0.3 is 0 Å². The van der Waals surface area contributed by atoms with Gasteiger partial charge in [0.1, 0.15) is 0 Å². The number of nitrogens with one attached hydrogen (secondary N) is 3. The van der Waals surface area contributed by atoms with E-state index < -0.39 is 15.9 Å². The molecule has 1 fully saturated rings. The molecule has 1 amide bonds. The van der Waals surface area contributed by atoms with Crippen LogP contribution in [0.4, 0.5) is 5.69 Å². The SMILES string of the molecule is O=C(NNC(=S)Nc1ccc(S(=O)(=O)N2CCOCC2)cc1)c1ccc2c(c1)OCO2. The smallest absolute Gasteiger partial charge is 0.269 e. The van der Waals surface area contributed by atoms with Gasteiger partial charge in [-0.1, -0.05) is 0 Å². The number of nitrogens with zero attached hydrogens (tertiary/aromatic N) is 1. The molecule has 31 heavy (non-hydrogen) atoms. The second-order valence-corrected chi connectivity index (χ2v) is 8.99. The summed E-state index contributed by atoms with van der Waals surface area (Å²) in [6, 6.07) is 11.0. The van der Waals surface area contributed by atoms with Crippen molar-refractivity contribution in [1.82, 2.24) is 15.2 Å². The van der Waals surface area contributed by atoms with Crippen LogP contribution in [0.2, 0.25) is 0 Å². The molecule has 10 nitrogen and oxygen atoms in total. The second kappa shape index (κ2) is 9.06. The van der Waals surface area contributed by atoms with Gasteiger partial charge in [0.15, 0.2) is 16.6 Å². The van der Waals surface area contributed by atoms with Gasteiger partial charge in [0.25, 0.3) is 5.91 Å². The molecule has 2 aliphatic rings. The standard InChI is InChI=1S/C19H20N4O6S2/c24-18(13-1-6-16-17(11-13)29-12-28-16)21-22-19(30)20-14-2-4-15(5-3-14)31(25,26)23-7-9-27-10-8-23/h1-6,11H,7-10,12H2,(H,21,24)(H2,20,22,30). The van der Waals surface area contributed by atoms with Gasteiger partial charge in [0.05, 0.1) is 18.1 Å². The summed E-state index contributed by atoms with van der Waals surface area (Å²) in [6.07, 6.45) is 0. The highest BCUT2D eigenvalue weighted by Gasteiger charge is 2.26. The van der Waals surface area contributed by atoms with Gasteiger partial charge in [0.2, 0.25) is 16.8 Å². The number of fused-ring (bicyclic) bond motifs is 1. The van der Waals surface area contributed by atoms with Gasteiger partial charge in [-0.05, 0) is 54.7 Å². The molecular weight excluding hydrogens is 444 g/mol. The minimum atomic E-state index is -3.56. The van der Waals surface area contributed by atoms with Crippen molar-refractivity contribution >= 4 is 38.9 Å². The lowest BCUT2D eigenvalue weighted by Gasteiger charge is -2.26. The molecule has 164 valence electrons. The van der Waals surface area contributed by atoms with Crippen LogP contribution in [-0.2, 0) is 14.8 Å². The van der Waals surface area contributed by atoms with Gasteiger partial charge in [-0.3, -0.25) is 15.6 Å². The second-order valence-electron chi connectivity index (χ2n) is 6.64. The molecule has 4 rings (SSSR count). The Morgan fingerprint density at radius 1 is 0.968 bits per heavy atom. The third-order valence-corrected chi connectivity index (χ3v) is 6.76. The fraction of sp³-hybridized carbons (Fsp3) is 0.263. The number of carbonyl (C=O) groups excluding carboxylic acids is 1. The van der Waals surface area contributed by atoms with Crippen LogP contribution in [0.5, 0.6) is 11.5 Å². The molecule has 0 saturated carbocycles. The predicted octanol–water partition coefficient (Wildman–Crippen LogP) is 1.07. The number of thiocarbonyl (C=S) groups is 1. The monoisotopic (exact) mass is 464 g/mol. The van der Waals surface area contributed by atoms with E-state index in [9.17, 15) is 13.2 Å². The summed E-state index contributed by atoms with van der Waals surface area (Å²) in [5, 5.41) is 3.02. The Kier molecular flexibility index (Phi) is 6.23. The number of rotatable bonds is 4. The molecule has 0 unspecified atom stereocenters. The zero-order valence-corrected chi connectivity index (χ0v) is 17.9. The van der Waals surface area contributed by atoms with E-state index in [-0.39, 0.29) is 16.8 Å². The largest absolute Gasteiger partial charge is 0.454 e. The number of anilines is 1. The number of carbonyl (C=O) groups is 1. The molecule has 12 heteroatoms. The topological polar surface area (TPSA) is 118 Å². The van der Waals surface area contributed by atoms with E-state index in [1.54, 1.807) is 30.3 Å². The molecule has 3 N–H and O–H groups in total. The lowest BCUT2D eigenvalue weighted by atomic mass is 10.2. The summed E-state index contributed by atoms with van der Waals surface area (Å²) in [7, 11) is -3.56. The van der Waals surface area contributed by atoms with Crippen molar-refractivity contribution in [1.29, 1.82) is 0 Å². The highest BCUT2D eigenvalue weighted by Crippen LogP contribution is 2.32. The summed E-state index contributed by atoms with van der Waals surface area (Å²) in [5.41, 5.74) is 6.03. The van der Waals surface area contributed by atoms with Crippen molar-refractivity contribution in [3.05, 3.63) is 48.0 Å². The number of amides is 1. The van der Waals surface area contributed by atoms with Crippen molar-refractivity contribution in [3.63, 3.8) is 0 Å². The summed E-state index contributed by atoms with van der Waals surface area (Å²) in [5.74, 6) is 0.677. The molecular formula is C19H20N4O6S2. The Balaban J connectivity index is 1.31. The van der Waals surface area contributed by atoms with E-state index in [4.69, 9.17) is 26.4 Å². The van der Waals surface area contributed by atoms with Crippen LogP contribution in [0, 0.1) is 0 Å². The quantitative estimate of drug-likeness (QED) is 0.451. The van der Waals surface area contributed by atoms with Crippen LogP contribution in [-0.4, -0.2) is 56.8 Å². The van der Waals surface area contributed by atoms with Gasteiger partial charge in [0, 0.05) is 24.3 Å². The number of morpholine rings is 1. The lowest BCUT2D eigenvalue weighted by molar-refractivity contribution is 0.0730. The molecule has 0 spiro atoms. The van der Waals surface area contributed by atoms with E-state index in [0.717, 1.165) is 0 Å². The highest BCUT2D eigenvalue weighted by molar-refractivity contribution is 7.89. The fourth-order valence-electron chi connectivity index (χ4n) is 3.03. The number of sulfonamides is 1. The normalized spacial score (nSPS) is 15.9. The Morgan fingerprint density at radius 3 is 2.42 bits per heavy atom. The number of benzene rings is 2. The van der Waals surface area contributed by atoms with E-state index in [2.05, 4.69) is 16.2 Å². The maximum absolute atomic E-state index is 12.7. The van der Waals surface area contributed by atoms with Crippen molar-refractivity contribution in [3.8, 4) is 11.5 Å². The van der Waals surface area contributed by atoms with Crippen molar-refractivity contribution in [2.45, 2.75) is 4.90 Å². The minimum absolute atomic E-state index is 0.124. The average Bonchev–Trinajstić information content (AvgIpc) is 3.26. The molecule has 0 aliphatic carbocycles. The molecule has 2 heterocycles. The van der Waals surface area contributed by atoms with E-state index in [0.29, 0.717) is 49.1 Å². The first kappa shape index (κ1) is 21.3. The molecule has 2 aromatic rings. The first-order valence-electron chi connectivity index (χ1n) is 9.38. The zero-order chi connectivity index (χ0) is 21.8. The maximum atomic E-state index is 12.7. The summed E-state index contributed by atoms with van der Waals surface area (Å²) in [4.78, 5) is 12.5. The maximum Gasteiger partial charge on any atom is 0.269 e. The number of ether oxygens (including phenoxy) is 3. The Hall–Kier alpha value is -2.93. The number of hydrazine groups is 1. The number of hydrogen-bond acceptors (Lipinski definition) is 7. The third-order valence-electron chi connectivity index (χ3n) is 4.64. The fourth-order valence-corrected chi connectivity index (χ4v) is 4.61. The minimum Gasteiger partial charge on any atom is -0.454 e. The van der Waals surface area contributed by atoms with Crippen LogP contribution >= 0.6 is 12.2 Å². The highest BCUT2D eigenvalue weighted by atomic mass is 32.2. The molecule has 2 aromatic carbocycles. The van der Waals surface area contributed by atoms with Crippen molar-refractivity contribution in [2.24, 2.45) is 0 Å². The first-order chi connectivity index (χ1) is 14.9. The van der Waals surface area contributed by atoms with E-state index >= 15 is 0 Å².